The fraction of sp³-hybridized carbons (Fsp3) is 0.929. The Kier molecular flexibility index (Phi) is 5.01. The SMILES string of the molecule is CCCN1CCC(NC2CCC(=O)N(C)C2)CC1. The number of amides is 1. The number of rotatable bonds is 4. The van der Waals surface area contributed by atoms with Crippen molar-refractivity contribution in [1.82, 2.24) is 15.1 Å². The van der Waals surface area contributed by atoms with Crippen LogP contribution in [0.25, 0.3) is 0 Å². The van der Waals surface area contributed by atoms with Crippen molar-refractivity contribution in [3.63, 3.8) is 0 Å². The van der Waals surface area contributed by atoms with Gasteiger partial charge in [0, 0.05) is 32.1 Å². The quantitative estimate of drug-likeness (QED) is 0.814. The molecule has 2 fully saturated rings. The van der Waals surface area contributed by atoms with Gasteiger partial charge in [-0.3, -0.25) is 4.79 Å². The lowest BCUT2D eigenvalue weighted by Gasteiger charge is -2.37. The minimum absolute atomic E-state index is 0.297. The van der Waals surface area contributed by atoms with Gasteiger partial charge >= 0.3 is 0 Å². The standard InChI is InChI=1S/C14H27N3O/c1-3-8-17-9-6-12(7-10-17)15-13-4-5-14(18)16(2)11-13/h12-13,15H,3-11H2,1-2H3. The molecule has 0 radical (unpaired) electrons. The summed E-state index contributed by atoms with van der Waals surface area (Å²) in [5.74, 6) is 0.297. The van der Waals surface area contributed by atoms with Crippen LogP contribution in [0.15, 0.2) is 0 Å². The highest BCUT2D eigenvalue weighted by Gasteiger charge is 2.26. The van der Waals surface area contributed by atoms with Crippen LogP contribution in [0.1, 0.15) is 39.0 Å². The van der Waals surface area contributed by atoms with Crippen LogP contribution in [-0.4, -0.2) is 61.0 Å². The smallest absolute Gasteiger partial charge is 0.222 e. The van der Waals surface area contributed by atoms with Gasteiger partial charge in [0.2, 0.25) is 5.91 Å². The van der Waals surface area contributed by atoms with Crippen LogP contribution in [0.4, 0.5) is 0 Å². The van der Waals surface area contributed by atoms with Crippen molar-refractivity contribution in [3.8, 4) is 0 Å². The predicted molar refractivity (Wildman–Crippen MR) is 73.5 cm³/mol. The van der Waals surface area contributed by atoms with Crippen molar-refractivity contribution in [1.29, 1.82) is 0 Å². The third-order valence-electron chi connectivity index (χ3n) is 4.23. The summed E-state index contributed by atoms with van der Waals surface area (Å²) in [7, 11) is 1.92. The van der Waals surface area contributed by atoms with Gasteiger partial charge in [-0.15, -0.1) is 0 Å². The molecule has 4 nitrogen and oxygen atoms in total. The van der Waals surface area contributed by atoms with Gasteiger partial charge in [0.1, 0.15) is 0 Å². The van der Waals surface area contributed by atoms with E-state index in [-0.39, 0.29) is 0 Å². The molecule has 2 rings (SSSR count). The molecule has 104 valence electrons. The molecule has 0 spiro atoms. The Labute approximate surface area is 111 Å². The number of carbonyl (C=O) groups is 1. The first-order valence-corrected chi connectivity index (χ1v) is 7.41. The molecule has 0 aromatic carbocycles. The highest BCUT2D eigenvalue weighted by molar-refractivity contribution is 5.76. The molecule has 2 aliphatic heterocycles. The van der Waals surface area contributed by atoms with E-state index in [1.54, 1.807) is 0 Å². The van der Waals surface area contributed by atoms with E-state index in [2.05, 4.69) is 17.1 Å². The number of hydrogen-bond donors (Lipinski definition) is 1. The van der Waals surface area contributed by atoms with Gasteiger partial charge in [0.25, 0.3) is 0 Å². The van der Waals surface area contributed by atoms with Crippen molar-refractivity contribution in [2.45, 2.75) is 51.1 Å². The number of nitrogens with zero attached hydrogens (tertiary/aromatic N) is 2. The van der Waals surface area contributed by atoms with Gasteiger partial charge in [-0.25, -0.2) is 0 Å². The van der Waals surface area contributed by atoms with Crippen molar-refractivity contribution < 1.29 is 4.79 Å². The first-order valence-electron chi connectivity index (χ1n) is 7.41. The number of nitrogens with one attached hydrogen (secondary N) is 1. The molecule has 0 aliphatic carbocycles. The molecule has 0 bridgehead atoms. The van der Waals surface area contributed by atoms with Crippen LogP contribution in [0.3, 0.4) is 0 Å². The van der Waals surface area contributed by atoms with Crippen molar-refractivity contribution in [2.75, 3.05) is 33.2 Å². The topological polar surface area (TPSA) is 35.6 Å². The molecule has 2 saturated heterocycles. The van der Waals surface area contributed by atoms with E-state index >= 15 is 0 Å². The lowest BCUT2D eigenvalue weighted by atomic mass is 10.00. The van der Waals surface area contributed by atoms with E-state index in [1.165, 1.54) is 38.9 Å². The second-order valence-corrected chi connectivity index (χ2v) is 5.79. The molecular weight excluding hydrogens is 226 g/mol. The summed E-state index contributed by atoms with van der Waals surface area (Å²) in [6, 6.07) is 1.17. The maximum absolute atomic E-state index is 11.4. The Bertz CT molecular complexity index is 274. The Hall–Kier alpha value is -0.610. The summed E-state index contributed by atoms with van der Waals surface area (Å²) in [4.78, 5) is 15.9. The summed E-state index contributed by atoms with van der Waals surface area (Å²) in [5.41, 5.74) is 0. The zero-order valence-corrected chi connectivity index (χ0v) is 11.8. The molecule has 18 heavy (non-hydrogen) atoms. The number of likely N-dealkylation sites (tertiary alicyclic amines) is 2. The predicted octanol–water partition coefficient (Wildman–Crippen LogP) is 1.07. The molecular formula is C14H27N3O. The Morgan fingerprint density at radius 3 is 2.56 bits per heavy atom. The van der Waals surface area contributed by atoms with Crippen LogP contribution >= 0.6 is 0 Å². The molecule has 2 aliphatic rings. The Morgan fingerprint density at radius 2 is 1.94 bits per heavy atom. The first-order chi connectivity index (χ1) is 8.69. The third kappa shape index (κ3) is 3.69. The molecule has 4 heteroatoms. The highest BCUT2D eigenvalue weighted by Crippen LogP contribution is 2.15. The van der Waals surface area contributed by atoms with Crippen molar-refractivity contribution in [2.24, 2.45) is 0 Å². The normalized spacial score (nSPS) is 27.8. The van der Waals surface area contributed by atoms with Gasteiger partial charge in [-0.2, -0.15) is 0 Å². The molecule has 1 atom stereocenters. The van der Waals surface area contributed by atoms with Gasteiger partial charge < -0.3 is 15.1 Å². The van der Waals surface area contributed by atoms with E-state index in [0.717, 1.165) is 13.0 Å². The van der Waals surface area contributed by atoms with Crippen LogP contribution in [0.2, 0.25) is 0 Å². The molecule has 1 N–H and O–H groups in total. The minimum Gasteiger partial charge on any atom is -0.344 e. The van der Waals surface area contributed by atoms with Crippen LogP contribution < -0.4 is 5.32 Å². The maximum Gasteiger partial charge on any atom is 0.222 e. The Morgan fingerprint density at radius 1 is 1.22 bits per heavy atom. The van der Waals surface area contributed by atoms with E-state index in [0.29, 0.717) is 24.4 Å². The molecule has 2 heterocycles. The van der Waals surface area contributed by atoms with E-state index < -0.39 is 0 Å². The highest BCUT2D eigenvalue weighted by atomic mass is 16.2. The molecule has 0 aromatic rings. The first kappa shape index (κ1) is 13.8. The largest absolute Gasteiger partial charge is 0.344 e. The van der Waals surface area contributed by atoms with E-state index in [9.17, 15) is 4.79 Å². The van der Waals surface area contributed by atoms with Gasteiger partial charge in [-0.05, 0) is 45.3 Å². The lowest BCUT2D eigenvalue weighted by molar-refractivity contribution is -0.132. The second kappa shape index (κ2) is 6.53. The van der Waals surface area contributed by atoms with E-state index in [1.807, 2.05) is 11.9 Å². The maximum atomic E-state index is 11.4. The molecule has 1 amide bonds. The average Bonchev–Trinajstić information content (AvgIpc) is 2.37. The number of hydrogen-bond acceptors (Lipinski definition) is 3. The van der Waals surface area contributed by atoms with Gasteiger partial charge in [0.05, 0.1) is 0 Å². The average molecular weight is 253 g/mol. The monoisotopic (exact) mass is 253 g/mol. The zero-order valence-electron chi connectivity index (χ0n) is 11.8. The third-order valence-corrected chi connectivity index (χ3v) is 4.23. The summed E-state index contributed by atoms with van der Waals surface area (Å²) in [6.45, 7) is 6.83. The fourth-order valence-electron chi connectivity index (χ4n) is 3.12. The lowest BCUT2D eigenvalue weighted by Crippen LogP contribution is -2.52. The number of likely N-dealkylation sites (N-methyl/N-ethyl adjacent to an activating group) is 1. The summed E-state index contributed by atoms with van der Waals surface area (Å²) in [5, 5.41) is 3.75. The molecule has 1 unspecified atom stereocenters. The van der Waals surface area contributed by atoms with E-state index in [4.69, 9.17) is 0 Å². The fourth-order valence-corrected chi connectivity index (χ4v) is 3.12. The van der Waals surface area contributed by atoms with Crippen LogP contribution in [0.5, 0.6) is 0 Å². The van der Waals surface area contributed by atoms with Crippen molar-refractivity contribution in [3.05, 3.63) is 0 Å². The summed E-state index contributed by atoms with van der Waals surface area (Å²) in [6.07, 6.45) is 5.50. The van der Waals surface area contributed by atoms with Crippen LogP contribution in [0, 0.1) is 0 Å². The van der Waals surface area contributed by atoms with Gasteiger partial charge in [-0.1, -0.05) is 6.92 Å². The Balaban J connectivity index is 1.70. The second-order valence-electron chi connectivity index (χ2n) is 5.79. The van der Waals surface area contributed by atoms with Gasteiger partial charge in [0.15, 0.2) is 0 Å². The summed E-state index contributed by atoms with van der Waals surface area (Å²) >= 11 is 0. The summed E-state index contributed by atoms with van der Waals surface area (Å²) < 4.78 is 0. The van der Waals surface area contributed by atoms with Crippen LogP contribution in [-0.2, 0) is 4.79 Å². The number of piperidine rings is 2. The molecule has 0 aromatic heterocycles. The number of carbonyl (C=O) groups excluding carboxylic acids is 1. The molecule has 0 saturated carbocycles. The van der Waals surface area contributed by atoms with Crippen molar-refractivity contribution >= 4 is 5.91 Å². The zero-order chi connectivity index (χ0) is 13.0. The minimum atomic E-state index is 0.297.